The van der Waals surface area contributed by atoms with Gasteiger partial charge in [0.1, 0.15) is 36.1 Å². The number of furan rings is 1. The highest BCUT2D eigenvalue weighted by Crippen LogP contribution is 2.23. The number of benzene rings is 2. The normalized spacial score (nSPS) is 11.3. The summed E-state index contributed by atoms with van der Waals surface area (Å²) in [5.74, 6) is 2.28. The van der Waals surface area contributed by atoms with Crippen molar-refractivity contribution in [3.05, 3.63) is 95.8 Å². The fourth-order valence-electron chi connectivity index (χ4n) is 3.39. The molecule has 0 saturated carbocycles. The van der Waals surface area contributed by atoms with Crippen molar-refractivity contribution in [3.63, 3.8) is 0 Å². The first-order valence-electron chi connectivity index (χ1n) is 11.7. The molecule has 0 spiro atoms. The van der Waals surface area contributed by atoms with E-state index in [9.17, 15) is 4.79 Å². The highest BCUT2D eigenvalue weighted by Gasteiger charge is 2.13. The molecule has 0 radical (unpaired) electrons. The van der Waals surface area contributed by atoms with E-state index in [-0.39, 0.29) is 19.0 Å². The number of hydrogen-bond acceptors (Lipinski definition) is 8. The lowest BCUT2D eigenvalue weighted by molar-refractivity contribution is -0.142. The quantitative estimate of drug-likeness (QED) is 0.135. The predicted molar refractivity (Wildman–Crippen MR) is 133 cm³/mol. The van der Waals surface area contributed by atoms with E-state index in [0.717, 1.165) is 22.6 Å². The molecule has 0 atom stereocenters. The molecule has 4 rings (SSSR count). The molecule has 2 heterocycles. The Kier molecular flexibility index (Phi) is 8.53. The van der Waals surface area contributed by atoms with E-state index in [2.05, 4.69) is 10.1 Å². The van der Waals surface area contributed by atoms with Gasteiger partial charge in [-0.25, -0.2) is 4.98 Å². The molecule has 8 heteroatoms. The minimum absolute atomic E-state index is 0.195. The number of carbonyl (C=O) groups excluding carboxylic acids is 1. The first-order chi connectivity index (χ1) is 17.6. The molecule has 186 valence electrons. The topological polar surface area (TPSA) is 96.3 Å². The Balaban J connectivity index is 1.30. The van der Waals surface area contributed by atoms with Crippen LogP contribution in [0.4, 0.5) is 0 Å². The SMILES string of the molecule is CCOC(=O)CC/C(=N\OCc1ccc(OCc2nc(-c3ccccc3)oc2C)cc1)c1ccco1. The van der Waals surface area contributed by atoms with Gasteiger partial charge in [0.25, 0.3) is 0 Å². The number of nitrogens with zero attached hydrogens (tertiary/aromatic N) is 2. The van der Waals surface area contributed by atoms with Gasteiger partial charge in [-0.3, -0.25) is 4.79 Å². The zero-order chi connectivity index (χ0) is 25.2. The molecular weight excluding hydrogens is 460 g/mol. The molecule has 0 aliphatic carbocycles. The minimum atomic E-state index is -0.288. The molecule has 2 aromatic carbocycles. The van der Waals surface area contributed by atoms with E-state index in [4.69, 9.17) is 23.1 Å². The largest absolute Gasteiger partial charge is 0.487 e. The third-order valence-corrected chi connectivity index (χ3v) is 5.30. The van der Waals surface area contributed by atoms with Crippen LogP contribution in [0.2, 0.25) is 0 Å². The number of oxazole rings is 1. The number of rotatable bonds is 12. The van der Waals surface area contributed by atoms with Gasteiger partial charge in [0, 0.05) is 12.0 Å². The zero-order valence-electron chi connectivity index (χ0n) is 20.3. The fraction of sp³-hybridized carbons (Fsp3) is 0.250. The smallest absolute Gasteiger partial charge is 0.306 e. The molecule has 0 fully saturated rings. The Labute approximate surface area is 209 Å². The van der Waals surface area contributed by atoms with E-state index in [1.165, 1.54) is 0 Å². The summed E-state index contributed by atoms with van der Waals surface area (Å²) in [6, 6.07) is 20.8. The lowest BCUT2D eigenvalue weighted by Crippen LogP contribution is -2.09. The molecule has 0 unspecified atom stereocenters. The summed E-state index contributed by atoms with van der Waals surface area (Å²) in [7, 11) is 0. The number of aromatic nitrogens is 1. The standard InChI is InChI=1S/C28H28N2O6/c1-3-32-27(31)16-15-24(26-10-7-17-33-26)30-35-18-21-11-13-23(14-12-21)34-19-25-20(2)36-28(29-25)22-8-5-4-6-9-22/h4-14,17H,3,15-16,18-19H2,1-2H3/b30-24+. The van der Waals surface area contributed by atoms with Crippen molar-refractivity contribution < 1.29 is 27.9 Å². The second-order valence-electron chi connectivity index (χ2n) is 7.91. The van der Waals surface area contributed by atoms with Gasteiger partial charge in [0.2, 0.25) is 5.89 Å². The lowest BCUT2D eigenvalue weighted by Gasteiger charge is -2.07. The van der Waals surface area contributed by atoms with E-state index >= 15 is 0 Å². The van der Waals surface area contributed by atoms with Crippen molar-refractivity contribution >= 4 is 11.7 Å². The van der Waals surface area contributed by atoms with E-state index < -0.39 is 0 Å². The van der Waals surface area contributed by atoms with Crippen molar-refractivity contribution in [2.24, 2.45) is 5.16 Å². The summed E-state index contributed by atoms with van der Waals surface area (Å²) in [6.07, 6.45) is 2.10. The van der Waals surface area contributed by atoms with Crippen molar-refractivity contribution in [2.75, 3.05) is 6.61 Å². The zero-order valence-corrected chi connectivity index (χ0v) is 20.3. The van der Waals surface area contributed by atoms with Gasteiger partial charge in [-0.15, -0.1) is 0 Å². The molecule has 2 aromatic heterocycles. The van der Waals surface area contributed by atoms with Gasteiger partial charge in [-0.05, 0) is 55.8 Å². The molecule has 8 nitrogen and oxygen atoms in total. The molecule has 0 aliphatic rings. The average molecular weight is 489 g/mol. The molecule has 0 saturated heterocycles. The Morgan fingerprint density at radius 2 is 1.78 bits per heavy atom. The average Bonchev–Trinajstić information content (AvgIpc) is 3.56. The van der Waals surface area contributed by atoms with Gasteiger partial charge in [0.15, 0.2) is 5.76 Å². The molecule has 4 aromatic rings. The van der Waals surface area contributed by atoms with Crippen LogP contribution in [0.5, 0.6) is 5.75 Å². The van der Waals surface area contributed by atoms with E-state index in [1.54, 1.807) is 25.3 Å². The van der Waals surface area contributed by atoms with Crippen molar-refractivity contribution in [1.82, 2.24) is 4.98 Å². The third kappa shape index (κ3) is 6.85. The highest BCUT2D eigenvalue weighted by molar-refractivity contribution is 5.99. The van der Waals surface area contributed by atoms with Crippen molar-refractivity contribution in [1.29, 1.82) is 0 Å². The number of aryl methyl sites for hydroxylation is 1. The monoisotopic (exact) mass is 488 g/mol. The van der Waals surface area contributed by atoms with E-state index in [0.29, 0.717) is 42.7 Å². The van der Waals surface area contributed by atoms with Crippen molar-refractivity contribution in [2.45, 2.75) is 39.9 Å². The second-order valence-corrected chi connectivity index (χ2v) is 7.91. The van der Waals surface area contributed by atoms with Crippen LogP contribution in [0.1, 0.15) is 42.5 Å². The van der Waals surface area contributed by atoms with Crippen LogP contribution in [0.3, 0.4) is 0 Å². The maximum absolute atomic E-state index is 11.7. The molecule has 0 amide bonds. The summed E-state index contributed by atoms with van der Waals surface area (Å²) < 4.78 is 22.1. The van der Waals surface area contributed by atoms with Gasteiger partial charge >= 0.3 is 5.97 Å². The fourth-order valence-corrected chi connectivity index (χ4v) is 3.39. The summed E-state index contributed by atoms with van der Waals surface area (Å²) in [4.78, 5) is 21.8. The summed E-state index contributed by atoms with van der Waals surface area (Å²) in [6.45, 7) is 4.55. The van der Waals surface area contributed by atoms with Crippen LogP contribution < -0.4 is 4.74 Å². The van der Waals surface area contributed by atoms with Crippen LogP contribution in [-0.2, 0) is 27.6 Å². The van der Waals surface area contributed by atoms with Crippen LogP contribution >= 0.6 is 0 Å². The second kappa shape index (κ2) is 12.4. The third-order valence-electron chi connectivity index (χ3n) is 5.30. The molecule has 36 heavy (non-hydrogen) atoms. The van der Waals surface area contributed by atoms with Gasteiger partial charge in [0.05, 0.1) is 19.3 Å². The molecule has 0 N–H and O–H groups in total. The van der Waals surface area contributed by atoms with Crippen LogP contribution in [0.25, 0.3) is 11.5 Å². The van der Waals surface area contributed by atoms with Crippen LogP contribution in [-0.4, -0.2) is 23.3 Å². The number of esters is 1. The van der Waals surface area contributed by atoms with E-state index in [1.807, 2.05) is 61.5 Å². The summed E-state index contributed by atoms with van der Waals surface area (Å²) in [5.41, 5.74) is 3.14. The minimum Gasteiger partial charge on any atom is -0.487 e. The number of carbonyl (C=O) groups is 1. The Morgan fingerprint density at radius 3 is 2.50 bits per heavy atom. The molecule has 0 bridgehead atoms. The Hall–Kier alpha value is -4.33. The summed E-state index contributed by atoms with van der Waals surface area (Å²) in [5, 5.41) is 4.19. The van der Waals surface area contributed by atoms with Gasteiger partial charge in [-0.2, -0.15) is 0 Å². The number of oxime groups is 1. The Morgan fingerprint density at radius 1 is 0.972 bits per heavy atom. The Bertz CT molecular complexity index is 1260. The summed E-state index contributed by atoms with van der Waals surface area (Å²) >= 11 is 0. The first kappa shape index (κ1) is 24.8. The first-order valence-corrected chi connectivity index (χ1v) is 11.7. The van der Waals surface area contributed by atoms with Crippen LogP contribution in [0, 0.1) is 6.92 Å². The maximum atomic E-state index is 11.7. The number of hydrogen-bond donors (Lipinski definition) is 0. The maximum Gasteiger partial charge on any atom is 0.306 e. The number of ether oxygens (including phenoxy) is 2. The predicted octanol–water partition coefficient (Wildman–Crippen LogP) is 6.09. The van der Waals surface area contributed by atoms with Gasteiger partial charge < -0.3 is 23.1 Å². The lowest BCUT2D eigenvalue weighted by atomic mass is 10.2. The van der Waals surface area contributed by atoms with Gasteiger partial charge in [-0.1, -0.05) is 35.5 Å². The van der Waals surface area contributed by atoms with Crippen molar-refractivity contribution in [3.8, 4) is 17.2 Å². The van der Waals surface area contributed by atoms with Crippen LogP contribution in [0.15, 0.2) is 87.0 Å². The molecule has 0 aliphatic heterocycles. The molecular formula is C28H28N2O6. The highest BCUT2D eigenvalue weighted by atomic mass is 16.6.